The number of nitrogens with two attached hydrogens (primary N) is 1. The highest BCUT2D eigenvalue weighted by atomic mass is 32.2. The highest BCUT2D eigenvalue weighted by molar-refractivity contribution is 7.91. The van der Waals surface area contributed by atoms with E-state index >= 15 is 0 Å². The van der Waals surface area contributed by atoms with Crippen LogP contribution in [0.15, 0.2) is 28.5 Å². The number of amides is 2. The Morgan fingerprint density at radius 1 is 1.15 bits per heavy atom. The van der Waals surface area contributed by atoms with Gasteiger partial charge in [-0.25, -0.2) is 17.2 Å². The van der Waals surface area contributed by atoms with Gasteiger partial charge < -0.3 is 11.1 Å². The minimum absolute atomic E-state index is 0.0156. The van der Waals surface area contributed by atoms with Crippen LogP contribution in [0.3, 0.4) is 0 Å². The van der Waals surface area contributed by atoms with Crippen LogP contribution in [0, 0.1) is 18.6 Å². The Morgan fingerprint density at radius 3 is 2.33 bits per heavy atom. The van der Waals surface area contributed by atoms with Gasteiger partial charge >= 0.3 is 0 Å². The highest BCUT2D eigenvalue weighted by Gasteiger charge is 2.33. The number of sulfonamides is 1. The zero-order chi connectivity index (χ0) is 20.6. The van der Waals surface area contributed by atoms with Crippen molar-refractivity contribution in [3.8, 4) is 0 Å². The van der Waals surface area contributed by atoms with E-state index in [4.69, 9.17) is 5.73 Å². The minimum Gasteiger partial charge on any atom is -0.368 e. The van der Waals surface area contributed by atoms with Gasteiger partial charge in [0, 0.05) is 16.6 Å². The molecule has 2 rings (SSSR count). The van der Waals surface area contributed by atoms with Gasteiger partial charge in [0.05, 0.1) is 5.56 Å². The fourth-order valence-electron chi connectivity index (χ4n) is 2.02. The number of carbonyl (C=O) groups is 2. The third-order valence-corrected chi connectivity index (χ3v) is 6.77. The summed E-state index contributed by atoms with van der Waals surface area (Å²) in [6.07, 6.45) is 0. The van der Waals surface area contributed by atoms with E-state index in [0.29, 0.717) is 4.88 Å². The van der Waals surface area contributed by atoms with Gasteiger partial charge in [-0.3, -0.25) is 9.59 Å². The third kappa shape index (κ3) is 4.67. The first-order valence-electron chi connectivity index (χ1n) is 7.54. The number of nitrogens with one attached hydrogen (secondary N) is 2. The maximum atomic E-state index is 13.2. The van der Waals surface area contributed by atoms with E-state index in [0.717, 1.165) is 29.5 Å². The predicted molar refractivity (Wildman–Crippen MR) is 97.0 cm³/mol. The molecule has 146 valence electrons. The minimum atomic E-state index is -4.11. The molecule has 0 saturated carbocycles. The van der Waals surface area contributed by atoms with E-state index in [1.54, 1.807) is 0 Å². The van der Waals surface area contributed by atoms with E-state index in [2.05, 4.69) is 10.0 Å². The fraction of sp³-hybridized carbons (Fsp3) is 0.250. The first-order chi connectivity index (χ1) is 12.3. The van der Waals surface area contributed by atoms with Crippen LogP contribution in [-0.2, 0) is 14.8 Å². The van der Waals surface area contributed by atoms with Crippen molar-refractivity contribution in [1.29, 1.82) is 0 Å². The summed E-state index contributed by atoms with van der Waals surface area (Å²) in [5, 5.41) is 2.37. The number of hydrogen-bond acceptors (Lipinski definition) is 5. The molecule has 0 unspecified atom stereocenters. The molecular formula is C16H17F2N3O4S2. The van der Waals surface area contributed by atoms with E-state index in [9.17, 15) is 26.8 Å². The topological polar surface area (TPSA) is 118 Å². The number of primary amides is 1. The Hall–Kier alpha value is -2.37. The molecule has 0 aliphatic heterocycles. The van der Waals surface area contributed by atoms with Crippen LogP contribution in [0.1, 0.15) is 29.1 Å². The van der Waals surface area contributed by atoms with Crippen molar-refractivity contribution in [3.05, 3.63) is 46.3 Å². The summed E-state index contributed by atoms with van der Waals surface area (Å²) in [4.78, 5) is 24.1. The van der Waals surface area contributed by atoms with Crippen LogP contribution in [0.5, 0.6) is 0 Å². The molecule has 1 aromatic heterocycles. The fourth-order valence-corrected chi connectivity index (χ4v) is 4.85. The average Bonchev–Trinajstić information content (AvgIpc) is 2.93. The first-order valence-corrected chi connectivity index (χ1v) is 9.84. The lowest BCUT2D eigenvalue weighted by Crippen LogP contribution is -2.52. The van der Waals surface area contributed by atoms with Crippen LogP contribution in [0.25, 0.3) is 0 Å². The van der Waals surface area contributed by atoms with Crippen LogP contribution < -0.4 is 15.8 Å². The molecule has 4 N–H and O–H groups in total. The lowest BCUT2D eigenvalue weighted by atomic mass is 10.1. The summed E-state index contributed by atoms with van der Waals surface area (Å²) in [7, 11) is -4.11. The van der Waals surface area contributed by atoms with Gasteiger partial charge in [-0.1, -0.05) is 0 Å². The van der Waals surface area contributed by atoms with Crippen molar-refractivity contribution in [1.82, 2.24) is 4.72 Å². The third-order valence-electron chi connectivity index (χ3n) is 3.59. The highest BCUT2D eigenvalue weighted by Crippen LogP contribution is 2.27. The lowest BCUT2D eigenvalue weighted by molar-refractivity contribution is -0.122. The maximum Gasteiger partial charge on any atom is 0.256 e. The molecule has 0 fully saturated rings. The molecule has 0 aliphatic carbocycles. The Kier molecular flexibility index (Phi) is 5.68. The van der Waals surface area contributed by atoms with E-state index < -0.39 is 39.0 Å². The second-order valence-electron chi connectivity index (χ2n) is 6.21. The molecule has 2 amide bonds. The van der Waals surface area contributed by atoms with Crippen molar-refractivity contribution >= 4 is 38.9 Å². The number of carbonyl (C=O) groups excluding carboxylic acids is 2. The van der Waals surface area contributed by atoms with Crippen LogP contribution in [0.4, 0.5) is 14.5 Å². The van der Waals surface area contributed by atoms with Crippen molar-refractivity contribution in [2.75, 3.05) is 5.32 Å². The number of hydrogen-bond donors (Lipinski definition) is 3. The van der Waals surface area contributed by atoms with Gasteiger partial charge in [0.1, 0.15) is 9.75 Å². The molecule has 0 atom stereocenters. The summed E-state index contributed by atoms with van der Waals surface area (Å²) in [6.45, 7) is 4.15. The number of benzene rings is 1. The molecule has 0 saturated heterocycles. The monoisotopic (exact) mass is 417 g/mol. The largest absolute Gasteiger partial charge is 0.368 e. The van der Waals surface area contributed by atoms with Gasteiger partial charge in [-0.2, -0.15) is 4.72 Å². The number of rotatable bonds is 6. The molecule has 0 bridgehead atoms. The molecule has 2 aromatic rings. The van der Waals surface area contributed by atoms with Crippen LogP contribution in [0.2, 0.25) is 0 Å². The first kappa shape index (κ1) is 20.9. The maximum absolute atomic E-state index is 13.2. The van der Waals surface area contributed by atoms with Gasteiger partial charge in [-0.05, 0) is 39.0 Å². The van der Waals surface area contributed by atoms with E-state index in [1.165, 1.54) is 26.8 Å². The number of halogens is 2. The van der Waals surface area contributed by atoms with Crippen molar-refractivity contribution in [3.63, 3.8) is 0 Å². The van der Waals surface area contributed by atoms with Crippen molar-refractivity contribution in [2.24, 2.45) is 5.73 Å². The Balaban J connectivity index is 2.28. The molecule has 0 aliphatic rings. The van der Waals surface area contributed by atoms with Gasteiger partial charge in [0.2, 0.25) is 5.91 Å². The molecule has 1 aromatic carbocycles. The molecule has 27 heavy (non-hydrogen) atoms. The van der Waals surface area contributed by atoms with Gasteiger partial charge in [0.15, 0.2) is 11.6 Å². The van der Waals surface area contributed by atoms with Crippen LogP contribution >= 0.6 is 11.3 Å². The Labute approximate surface area is 158 Å². The van der Waals surface area contributed by atoms with Crippen LogP contribution in [-0.4, -0.2) is 25.8 Å². The van der Waals surface area contributed by atoms with E-state index in [1.807, 2.05) is 0 Å². The summed E-state index contributed by atoms with van der Waals surface area (Å²) in [6, 6.07) is 3.97. The molecule has 0 spiro atoms. The molecule has 11 heteroatoms. The van der Waals surface area contributed by atoms with E-state index in [-0.39, 0.29) is 15.5 Å². The Bertz CT molecular complexity index is 1020. The molecule has 7 nitrogen and oxygen atoms in total. The summed E-state index contributed by atoms with van der Waals surface area (Å²) < 4.78 is 53.1. The second kappa shape index (κ2) is 7.33. The normalized spacial score (nSPS) is 12.0. The SMILES string of the molecule is Cc1sc(S(=O)(=O)NC(C)(C)C(N)=O)cc1C(=O)Nc1ccc(F)c(F)c1. The standard InChI is InChI=1S/C16H17F2N3O4S2/c1-8-10(14(22)20-9-4-5-11(17)12(18)6-9)7-13(26-8)27(24,25)21-16(2,3)15(19)23/h4-7,21H,1-3H3,(H2,19,23)(H,20,22). The molecular weight excluding hydrogens is 400 g/mol. The second-order valence-corrected chi connectivity index (χ2v) is 9.38. The van der Waals surface area contributed by atoms with Gasteiger partial charge in [0.25, 0.3) is 15.9 Å². The summed E-state index contributed by atoms with van der Waals surface area (Å²) in [5.74, 6) is -3.74. The average molecular weight is 417 g/mol. The van der Waals surface area contributed by atoms with Crippen molar-refractivity contribution < 1.29 is 26.8 Å². The zero-order valence-corrected chi connectivity index (χ0v) is 16.2. The van der Waals surface area contributed by atoms with Gasteiger partial charge in [-0.15, -0.1) is 11.3 Å². The summed E-state index contributed by atoms with van der Waals surface area (Å²) >= 11 is 0.821. The number of aryl methyl sites for hydroxylation is 1. The molecule has 0 radical (unpaired) electrons. The summed E-state index contributed by atoms with van der Waals surface area (Å²) in [5.41, 5.74) is 3.70. The van der Waals surface area contributed by atoms with Crippen molar-refractivity contribution in [2.45, 2.75) is 30.5 Å². The number of thiophene rings is 1. The predicted octanol–water partition coefficient (Wildman–Crippen LogP) is 2.13. The Morgan fingerprint density at radius 2 is 1.78 bits per heavy atom. The molecule has 1 heterocycles. The number of anilines is 1. The zero-order valence-electron chi connectivity index (χ0n) is 14.6. The lowest BCUT2D eigenvalue weighted by Gasteiger charge is -2.21. The smallest absolute Gasteiger partial charge is 0.256 e. The quantitative estimate of drug-likeness (QED) is 0.667.